The third kappa shape index (κ3) is 4.58. The van der Waals surface area contributed by atoms with Gasteiger partial charge in [0, 0.05) is 17.6 Å². The molecule has 1 aromatic carbocycles. The van der Waals surface area contributed by atoms with Crippen LogP contribution in [0.4, 0.5) is 5.69 Å². The van der Waals surface area contributed by atoms with Crippen LogP contribution in [-0.4, -0.2) is 24.4 Å². The molecule has 0 saturated carbocycles. The molecule has 0 amide bonds. The molecule has 19 heavy (non-hydrogen) atoms. The fraction of sp³-hybridized carbons (Fsp3) is 0.333. The number of anilines is 1. The van der Waals surface area contributed by atoms with Crippen molar-refractivity contribution in [1.82, 2.24) is 0 Å². The summed E-state index contributed by atoms with van der Waals surface area (Å²) in [6, 6.07) is 8.04. The van der Waals surface area contributed by atoms with E-state index < -0.39 is 6.10 Å². The highest BCUT2D eigenvalue weighted by atomic mass is 32.1. The van der Waals surface area contributed by atoms with Crippen LogP contribution in [0.2, 0.25) is 0 Å². The Balaban J connectivity index is 1.78. The maximum atomic E-state index is 9.86. The number of thiophene rings is 1. The molecule has 0 radical (unpaired) electrons. The van der Waals surface area contributed by atoms with Crippen molar-refractivity contribution in [1.29, 1.82) is 0 Å². The SMILES string of the molecule is Cc1cc(C)cc(OCC(O)CNc2ccsc2)c1. The summed E-state index contributed by atoms with van der Waals surface area (Å²) in [5.74, 6) is 0.812. The van der Waals surface area contributed by atoms with Crippen LogP contribution >= 0.6 is 11.3 Å². The summed E-state index contributed by atoms with van der Waals surface area (Å²) in [6.07, 6.45) is -0.527. The van der Waals surface area contributed by atoms with E-state index in [0.717, 1.165) is 11.4 Å². The smallest absolute Gasteiger partial charge is 0.119 e. The van der Waals surface area contributed by atoms with Crippen LogP contribution in [0.3, 0.4) is 0 Å². The average Bonchev–Trinajstić information content (AvgIpc) is 2.86. The summed E-state index contributed by atoms with van der Waals surface area (Å²) >= 11 is 1.63. The first kappa shape index (κ1) is 13.9. The van der Waals surface area contributed by atoms with Crippen LogP contribution in [0, 0.1) is 13.8 Å². The highest BCUT2D eigenvalue weighted by Gasteiger charge is 2.06. The number of aliphatic hydroxyl groups is 1. The normalized spacial score (nSPS) is 12.2. The third-order valence-corrected chi connectivity index (χ3v) is 3.38. The minimum absolute atomic E-state index is 0.292. The topological polar surface area (TPSA) is 41.5 Å². The van der Waals surface area contributed by atoms with Gasteiger partial charge >= 0.3 is 0 Å². The molecule has 0 fully saturated rings. The first-order valence-corrected chi connectivity index (χ1v) is 7.23. The van der Waals surface area contributed by atoms with E-state index >= 15 is 0 Å². The van der Waals surface area contributed by atoms with Crippen molar-refractivity contribution in [3.05, 3.63) is 46.2 Å². The van der Waals surface area contributed by atoms with Crippen molar-refractivity contribution < 1.29 is 9.84 Å². The van der Waals surface area contributed by atoms with E-state index in [2.05, 4.69) is 11.4 Å². The monoisotopic (exact) mass is 277 g/mol. The van der Waals surface area contributed by atoms with Gasteiger partial charge in [-0.25, -0.2) is 0 Å². The van der Waals surface area contributed by atoms with E-state index in [1.54, 1.807) is 11.3 Å². The fourth-order valence-electron chi connectivity index (χ4n) is 1.87. The van der Waals surface area contributed by atoms with Crippen LogP contribution in [0.1, 0.15) is 11.1 Å². The standard InChI is InChI=1S/C15H19NO2S/c1-11-5-12(2)7-15(6-11)18-9-14(17)8-16-13-3-4-19-10-13/h3-7,10,14,16-17H,8-9H2,1-2H3. The summed E-state index contributed by atoms with van der Waals surface area (Å²) in [5, 5.41) is 17.0. The molecule has 2 rings (SSSR count). The number of benzene rings is 1. The van der Waals surface area contributed by atoms with Crippen LogP contribution in [0.5, 0.6) is 5.75 Å². The van der Waals surface area contributed by atoms with Gasteiger partial charge in [0.05, 0.1) is 0 Å². The number of nitrogens with one attached hydrogen (secondary N) is 1. The van der Waals surface area contributed by atoms with Gasteiger partial charge in [-0.3, -0.25) is 0 Å². The summed E-state index contributed by atoms with van der Waals surface area (Å²) in [7, 11) is 0. The van der Waals surface area contributed by atoms with Gasteiger partial charge < -0.3 is 15.2 Å². The Labute approximate surface area is 117 Å². The third-order valence-electron chi connectivity index (χ3n) is 2.70. The molecule has 0 bridgehead atoms. The first-order valence-electron chi connectivity index (χ1n) is 6.29. The zero-order chi connectivity index (χ0) is 13.7. The molecular formula is C15H19NO2S. The Morgan fingerprint density at radius 1 is 1.26 bits per heavy atom. The van der Waals surface area contributed by atoms with Gasteiger partial charge in [-0.15, -0.1) is 0 Å². The van der Waals surface area contributed by atoms with Gasteiger partial charge in [0.2, 0.25) is 0 Å². The number of aryl methyl sites for hydroxylation is 2. The molecule has 2 N–H and O–H groups in total. The Bertz CT molecular complexity index is 491. The van der Waals surface area contributed by atoms with E-state index in [1.165, 1.54) is 11.1 Å². The van der Waals surface area contributed by atoms with Crippen molar-refractivity contribution in [2.75, 3.05) is 18.5 Å². The number of ether oxygens (including phenoxy) is 1. The Morgan fingerprint density at radius 2 is 2.00 bits per heavy atom. The lowest BCUT2D eigenvalue weighted by Gasteiger charge is -2.14. The zero-order valence-electron chi connectivity index (χ0n) is 11.2. The molecule has 4 heteroatoms. The molecule has 0 aliphatic rings. The molecule has 1 aromatic heterocycles. The minimum atomic E-state index is -0.527. The molecule has 2 aromatic rings. The molecule has 1 atom stereocenters. The van der Waals surface area contributed by atoms with Crippen molar-refractivity contribution in [3.8, 4) is 5.75 Å². The molecule has 0 aliphatic carbocycles. The molecular weight excluding hydrogens is 258 g/mol. The fourth-order valence-corrected chi connectivity index (χ4v) is 2.48. The Morgan fingerprint density at radius 3 is 2.63 bits per heavy atom. The van der Waals surface area contributed by atoms with Gasteiger partial charge in [-0.1, -0.05) is 6.07 Å². The van der Waals surface area contributed by atoms with Crippen molar-refractivity contribution in [2.45, 2.75) is 20.0 Å². The molecule has 0 aliphatic heterocycles. The van der Waals surface area contributed by atoms with Gasteiger partial charge in [0.1, 0.15) is 18.5 Å². The van der Waals surface area contributed by atoms with Gasteiger partial charge in [0.15, 0.2) is 0 Å². The predicted molar refractivity (Wildman–Crippen MR) is 80.2 cm³/mol. The molecule has 3 nitrogen and oxygen atoms in total. The summed E-state index contributed by atoms with van der Waals surface area (Å²) in [5.41, 5.74) is 3.37. The summed E-state index contributed by atoms with van der Waals surface area (Å²) in [6.45, 7) is 4.85. The van der Waals surface area contributed by atoms with E-state index in [4.69, 9.17) is 4.74 Å². The molecule has 102 valence electrons. The van der Waals surface area contributed by atoms with Crippen molar-refractivity contribution in [3.63, 3.8) is 0 Å². The Kier molecular flexibility index (Phi) is 4.82. The molecule has 1 unspecified atom stereocenters. The lowest BCUT2D eigenvalue weighted by Crippen LogP contribution is -2.26. The lowest BCUT2D eigenvalue weighted by atomic mass is 10.1. The summed E-state index contributed by atoms with van der Waals surface area (Å²) < 4.78 is 5.61. The molecule has 0 saturated heterocycles. The highest BCUT2D eigenvalue weighted by molar-refractivity contribution is 7.08. The molecule has 0 spiro atoms. The second-order valence-corrected chi connectivity index (χ2v) is 5.46. The van der Waals surface area contributed by atoms with Gasteiger partial charge in [0.25, 0.3) is 0 Å². The first-order chi connectivity index (χ1) is 9.13. The van der Waals surface area contributed by atoms with Crippen LogP contribution in [0.15, 0.2) is 35.0 Å². The zero-order valence-corrected chi connectivity index (χ0v) is 12.0. The number of rotatable bonds is 6. The van der Waals surface area contributed by atoms with E-state index in [9.17, 15) is 5.11 Å². The maximum absolute atomic E-state index is 9.86. The van der Waals surface area contributed by atoms with Crippen LogP contribution in [-0.2, 0) is 0 Å². The quantitative estimate of drug-likeness (QED) is 0.852. The van der Waals surface area contributed by atoms with Crippen LogP contribution < -0.4 is 10.1 Å². The number of hydrogen-bond acceptors (Lipinski definition) is 4. The maximum Gasteiger partial charge on any atom is 0.119 e. The average molecular weight is 277 g/mol. The second-order valence-electron chi connectivity index (χ2n) is 4.68. The minimum Gasteiger partial charge on any atom is -0.491 e. The largest absolute Gasteiger partial charge is 0.491 e. The lowest BCUT2D eigenvalue weighted by molar-refractivity contribution is 0.117. The Hall–Kier alpha value is -1.52. The second kappa shape index (κ2) is 6.59. The summed E-state index contributed by atoms with van der Waals surface area (Å²) in [4.78, 5) is 0. The number of aliphatic hydroxyl groups excluding tert-OH is 1. The number of hydrogen-bond donors (Lipinski definition) is 2. The van der Waals surface area contributed by atoms with E-state index in [0.29, 0.717) is 13.2 Å². The van der Waals surface area contributed by atoms with E-state index in [-0.39, 0.29) is 0 Å². The van der Waals surface area contributed by atoms with Gasteiger partial charge in [-0.05, 0) is 48.6 Å². The predicted octanol–water partition coefficient (Wildman–Crippen LogP) is 3.22. The van der Waals surface area contributed by atoms with E-state index in [1.807, 2.05) is 42.8 Å². The molecule has 1 heterocycles. The van der Waals surface area contributed by atoms with Crippen molar-refractivity contribution >= 4 is 17.0 Å². The van der Waals surface area contributed by atoms with Crippen molar-refractivity contribution in [2.24, 2.45) is 0 Å². The van der Waals surface area contributed by atoms with Gasteiger partial charge in [-0.2, -0.15) is 11.3 Å². The highest BCUT2D eigenvalue weighted by Crippen LogP contribution is 2.16. The van der Waals surface area contributed by atoms with Crippen LogP contribution in [0.25, 0.3) is 0 Å².